The largest absolute Gasteiger partial charge is 0.352 e. The Morgan fingerprint density at radius 1 is 1.53 bits per heavy atom. The molecule has 0 aliphatic carbocycles. The zero-order valence-corrected chi connectivity index (χ0v) is 10.5. The average molecular weight is 232 g/mol. The molecule has 3 heteroatoms. The number of aryl methyl sites for hydroxylation is 1. The standard InChI is InChI=1S/C14H20N2O/c1-10-4-3-5-12(8-10)11(2)15-9-13-6-7-14(17)16-13/h3-5,8,11,13,15H,6-7,9H2,1-2H3,(H,16,17)/t11-,13?/m0/s1. The number of carbonyl (C=O) groups excluding carboxylic acids is 1. The number of nitrogens with one attached hydrogen (secondary N) is 2. The van der Waals surface area contributed by atoms with Gasteiger partial charge in [0.05, 0.1) is 0 Å². The lowest BCUT2D eigenvalue weighted by Crippen LogP contribution is -2.36. The van der Waals surface area contributed by atoms with E-state index < -0.39 is 0 Å². The van der Waals surface area contributed by atoms with E-state index in [0.29, 0.717) is 18.5 Å². The van der Waals surface area contributed by atoms with Crippen molar-refractivity contribution in [1.82, 2.24) is 10.6 Å². The van der Waals surface area contributed by atoms with E-state index in [2.05, 4.69) is 48.7 Å². The highest BCUT2D eigenvalue weighted by Crippen LogP contribution is 2.14. The first-order valence-electron chi connectivity index (χ1n) is 6.24. The van der Waals surface area contributed by atoms with Crippen molar-refractivity contribution in [2.45, 2.75) is 38.8 Å². The van der Waals surface area contributed by atoms with Gasteiger partial charge in [-0.25, -0.2) is 0 Å². The summed E-state index contributed by atoms with van der Waals surface area (Å²) < 4.78 is 0. The first-order chi connectivity index (χ1) is 8.15. The molecule has 1 aliphatic rings. The highest BCUT2D eigenvalue weighted by molar-refractivity contribution is 5.78. The van der Waals surface area contributed by atoms with Crippen molar-refractivity contribution in [2.75, 3.05) is 6.54 Å². The van der Waals surface area contributed by atoms with Gasteiger partial charge in [0.1, 0.15) is 0 Å². The summed E-state index contributed by atoms with van der Waals surface area (Å²) in [5, 5.41) is 6.44. The van der Waals surface area contributed by atoms with Crippen LogP contribution in [0.3, 0.4) is 0 Å². The predicted molar refractivity (Wildman–Crippen MR) is 68.8 cm³/mol. The van der Waals surface area contributed by atoms with E-state index in [1.54, 1.807) is 0 Å². The molecule has 1 unspecified atom stereocenters. The molecule has 1 heterocycles. The Kier molecular flexibility index (Phi) is 3.79. The Morgan fingerprint density at radius 3 is 3.00 bits per heavy atom. The smallest absolute Gasteiger partial charge is 0.220 e. The topological polar surface area (TPSA) is 41.1 Å². The molecular weight excluding hydrogens is 212 g/mol. The Morgan fingerprint density at radius 2 is 2.35 bits per heavy atom. The first-order valence-corrected chi connectivity index (χ1v) is 6.24. The van der Waals surface area contributed by atoms with Gasteiger partial charge >= 0.3 is 0 Å². The van der Waals surface area contributed by atoms with Gasteiger partial charge in [-0.05, 0) is 25.8 Å². The fourth-order valence-corrected chi connectivity index (χ4v) is 2.21. The summed E-state index contributed by atoms with van der Waals surface area (Å²) >= 11 is 0. The second-order valence-corrected chi connectivity index (χ2v) is 4.85. The van der Waals surface area contributed by atoms with Gasteiger partial charge in [0.25, 0.3) is 0 Å². The molecule has 1 aliphatic heterocycles. The quantitative estimate of drug-likeness (QED) is 0.832. The highest BCUT2D eigenvalue weighted by Gasteiger charge is 2.20. The molecule has 0 aromatic heterocycles. The maximum Gasteiger partial charge on any atom is 0.220 e. The molecule has 1 aromatic carbocycles. The zero-order valence-electron chi connectivity index (χ0n) is 10.5. The van der Waals surface area contributed by atoms with Crippen LogP contribution in [0.15, 0.2) is 24.3 Å². The van der Waals surface area contributed by atoms with Crippen LogP contribution in [0, 0.1) is 6.92 Å². The fraction of sp³-hybridized carbons (Fsp3) is 0.500. The van der Waals surface area contributed by atoms with E-state index in [1.165, 1.54) is 11.1 Å². The molecule has 0 saturated carbocycles. The molecule has 0 bridgehead atoms. The third-order valence-corrected chi connectivity index (χ3v) is 3.30. The minimum Gasteiger partial charge on any atom is -0.352 e. The Bertz CT molecular complexity index is 403. The van der Waals surface area contributed by atoms with Gasteiger partial charge in [0, 0.05) is 25.0 Å². The van der Waals surface area contributed by atoms with Crippen molar-refractivity contribution in [3.05, 3.63) is 35.4 Å². The van der Waals surface area contributed by atoms with Crippen molar-refractivity contribution in [3.63, 3.8) is 0 Å². The second kappa shape index (κ2) is 5.32. The van der Waals surface area contributed by atoms with E-state index in [1.807, 2.05) is 0 Å². The molecule has 17 heavy (non-hydrogen) atoms. The molecule has 1 fully saturated rings. The number of carbonyl (C=O) groups is 1. The van der Waals surface area contributed by atoms with Gasteiger partial charge in [-0.3, -0.25) is 4.79 Å². The molecule has 1 saturated heterocycles. The third kappa shape index (κ3) is 3.30. The van der Waals surface area contributed by atoms with Crippen LogP contribution in [0.25, 0.3) is 0 Å². The van der Waals surface area contributed by atoms with E-state index >= 15 is 0 Å². The summed E-state index contributed by atoms with van der Waals surface area (Å²) in [5.74, 6) is 0.181. The van der Waals surface area contributed by atoms with Gasteiger partial charge in [-0.15, -0.1) is 0 Å². The average Bonchev–Trinajstić information content (AvgIpc) is 2.72. The Labute approximate surface area is 103 Å². The van der Waals surface area contributed by atoms with Gasteiger partial charge in [0.2, 0.25) is 5.91 Å². The monoisotopic (exact) mass is 232 g/mol. The summed E-state index contributed by atoms with van der Waals surface area (Å²) in [6.07, 6.45) is 1.62. The molecule has 1 aromatic rings. The molecule has 0 spiro atoms. The van der Waals surface area contributed by atoms with Gasteiger partial charge in [0.15, 0.2) is 0 Å². The normalized spacial score (nSPS) is 21.3. The molecule has 2 atom stereocenters. The Hall–Kier alpha value is -1.35. The lowest BCUT2D eigenvalue weighted by atomic mass is 10.1. The maximum atomic E-state index is 11.1. The molecule has 2 N–H and O–H groups in total. The van der Waals surface area contributed by atoms with Crippen LogP contribution in [0.1, 0.15) is 36.9 Å². The van der Waals surface area contributed by atoms with Crippen LogP contribution < -0.4 is 10.6 Å². The third-order valence-electron chi connectivity index (χ3n) is 3.30. The molecule has 3 nitrogen and oxygen atoms in total. The SMILES string of the molecule is Cc1cccc([C@H](C)NCC2CCC(=O)N2)c1. The number of rotatable bonds is 4. The predicted octanol–water partition coefficient (Wildman–Crippen LogP) is 1.92. The van der Waals surface area contributed by atoms with Gasteiger partial charge in [-0.2, -0.15) is 0 Å². The van der Waals surface area contributed by atoms with Gasteiger partial charge in [-0.1, -0.05) is 29.8 Å². The lowest BCUT2D eigenvalue weighted by molar-refractivity contribution is -0.119. The summed E-state index contributed by atoms with van der Waals surface area (Å²) in [6, 6.07) is 9.15. The highest BCUT2D eigenvalue weighted by atomic mass is 16.1. The van der Waals surface area contributed by atoms with Crippen molar-refractivity contribution in [2.24, 2.45) is 0 Å². The summed E-state index contributed by atoms with van der Waals surface area (Å²) in [6.45, 7) is 5.11. The number of hydrogen-bond donors (Lipinski definition) is 2. The number of hydrogen-bond acceptors (Lipinski definition) is 2. The molecule has 1 amide bonds. The number of benzene rings is 1. The molecule has 2 rings (SSSR count). The van der Waals surface area contributed by atoms with Crippen molar-refractivity contribution in [3.8, 4) is 0 Å². The van der Waals surface area contributed by atoms with Crippen LogP contribution in [-0.2, 0) is 4.79 Å². The van der Waals surface area contributed by atoms with Crippen LogP contribution in [0.4, 0.5) is 0 Å². The second-order valence-electron chi connectivity index (χ2n) is 4.85. The van der Waals surface area contributed by atoms with Crippen LogP contribution in [-0.4, -0.2) is 18.5 Å². The van der Waals surface area contributed by atoms with Crippen LogP contribution >= 0.6 is 0 Å². The summed E-state index contributed by atoms with van der Waals surface area (Å²) in [7, 11) is 0. The zero-order chi connectivity index (χ0) is 12.3. The lowest BCUT2D eigenvalue weighted by Gasteiger charge is -2.18. The van der Waals surface area contributed by atoms with Crippen LogP contribution in [0.5, 0.6) is 0 Å². The molecular formula is C14H20N2O. The van der Waals surface area contributed by atoms with E-state index in [0.717, 1.165) is 13.0 Å². The number of amides is 1. The molecule has 0 radical (unpaired) electrons. The van der Waals surface area contributed by atoms with E-state index in [4.69, 9.17) is 0 Å². The van der Waals surface area contributed by atoms with Crippen molar-refractivity contribution in [1.29, 1.82) is 0 Å². The van der Waals surface area contributed by atoms with E-state index in [9.17, 15) is 4.79 Å². The van der Waals surface area contributed by atoms with Gasteiger partial charge < -0.3 is 10.6 Å². The Balaban J connectivity index is 1.85. The van der Waals surface area contributed by atoms with Crippen molar-refractivity contribution >= 4 is 5.91 Å². The molecule has 92 valence electrons. The fourth-order valence-electron chi connectivity index (χ4n) is 2.21. The van der Waals surface area contributed by atoms with Crippen LogP contribution in [0.2, 0.25) is 0 Å². The van der Waals surface area contributed by atoms with Crippen molar-refractivity contribution < 1.29 is 4.79 Å². The van der Waals surface area contributed by atoms with E-state index in [-0.39, 0.29) is 5.91 Å². The summed E-state index contributed by atoms with van der Waals surface area (Å²) in [5.41, 5.74) is 2.58. The first kappa shape index (κ1) is 12.1. The minimum absolute atomic E-state index is 0.181. The summed E-state index contributed by atoms with van der Waals surface area (Å²) in [4.78, 5) is 11.1. The minimum atomic E-state index is 0.181. The maximum absolute atomic E-state index is 11.1.